The third-order valence-corrected chi connectivity index (χ3v) is 4.62. The number of hydrogen-bond donors (Lipinski definition) is 0. The lowest BCUT2D eigenvalue weighted by Crippen LogP contribution is -1.99. The third kappa shape index (κ3) is 3.90. The van der Waals surface area contributed by atoms with Crippen molar-refractivity contribution in [2.24, 2.45) is 0 Å². The van der Waals surface area contributed by atoms with Crippen LogP contribution in [-0.4, -0.2) is 5.97 Å². The first kappa shape index (κ1) is 17.0. The van der Waals surface area contributed by atoms with E-state index in [0.717, 1.165) is 16.3 Å². The Kier molecular flexibility index (Phi) is 4.71. The second-order valence-electron chi connectivity index (χ2n) is 6.61. The Morgan fingerprint density at radius 2 is 1.37 bits per heavy atom. The standard InChI is InChI=1S/C25H20O2/c1-18(26)27-25(24-14-13-21-7-3-5-9-23(21)17-24)15-11-19-10-12-20-6-2-4-8-22(20)16-19/h2-10,12-17H,11H2,1H3. The summed E-state index contributed by atoms with van der Waals surface area (Å²) < 4.78 is 5.52. The van der Waals surface area contributed by atoms with E-state index in [1.165, 1.54) is 23.3 Å². The largest absolute Gasteiger partial charge is 0.426 e. The van der Waals surface area contributed by atoms with Crippen molar-refractivity contribution in [1.82, 2.24) is 0 Å². The molecule has 0 aliphatic heterocycles. The lowest BCUT2D eigenvalue weighted by Gasteiger charge is -2.09. The molecule has 2 nitrogen and oxygen atoms in total. The van der Waals surface area contributed by atoms with Crippen LogP contribution >= 0.6 is 0 Å². The molecular formula is C25H20O2. The minimum absolute atomic E-state index is 0.312. The number of allylic oxidation sites excluding steroid dienone is 1. The van der Waals surface area contributed by atoms with Gasteiger partial charge in [0, 0.05) is 12.5 Å². The van der Waals surface area contributed by atoms with Crippen LogP contribution in [0.25, 0.3) is 27.3 Å². The molecule has 0 saturated heterocycles. The number of esters is 1. The highest BCUT2D eigenvalue weighted by Gasteiger charge is 2.07. The maximum atomic E-state index is 11.6. The summed E-state index contributed by atoms with van der Waals surface area (Å²) in [4.78, 5) is 11.6. The molecule has 0 unspecified atom stereocenters. The van der Waals surface area contributed by atoms with Gasteiger partial charge in [-0.15, -0.1) is 0 Å². The molecule has 4 rings (SSSR count). The average Bonchev–Trinajstić information content (AvgIpc) is 2.70. The van der Waals surface area contributed by atoms with Gasteiger partial charge in [0.25, 0.3) is 0 Å². The zero-order valence-electron chi connectivity index (χ0n) is 15.2. The van der Waals surface area contributed by atoms with Crippen molar-refractivity contribution in [2.45, 2.75) is 13.3 Å². The van der Waals surface area contributed by atoms with Crippen molar-refractivity contribution < 1.29 is 9.53 Å². The van der Waals surface area contributed by atoms with Gasteiger partial charge in [-0.1, -0.05) is 78.9 Å². The highest BCUT2D eigenvalue weighted by molar-refractivity contribution is 5.87. The summed E-state index contributed by atoms with van der Waals surface area (Å²) in [5.74, 6) is 0.286. The van der Waals surface area contributed by atoms with E-state index in [9.17, 15) is 4.79 Å². The van der Waals surface area contributed by atoms with Crippen molar-refractivity contribution >= 4 is 33.3 Å². The van der Waals surface area contributed by atoms with Gasteiger partial charge in [0.2, 0.25) is 0 Å². The number of carbonyl (C=O) groups excluding carboxylic acids is 1. The predicted molar refractivity (Wildman–Crippen MR) is 111 cm³/mol. The Morgan fingerprint density at radius 1 is 0.778 bits per heavy atom. The topological polar surface area (TPSA) is 26.3 Å². The van der Waals surface area contributed by atoms with Crippen LogP contribution in [0.2, 0.25) is 0 Å². The molecule has 4 aromatic carbocycles. The summed E-state index contributed by atoms with van der Waals surface area (Å²) in [6.45, 7) is 1.44. The normalized spacial score (nSPS) is 11.7. The lowest BCUT2D eigenvalue weighted by atomic mass is 10.0. The lowest BCUT2D eigenvalue weighted by molar-refractivity contribution is -0.134. The second kappa shape index (κ2) is 7.46. The van der Waals surface area contributed by atoms with E-state index in [4.69, 9.17) is 4.74 Å². The van der Waals surface area contributed by atoms with E-state index in [0.29, 0.717) is 12.2 Å². The Bertz CT molecular complexity index is 1160. The Morgan fingerprint density at radius 3 is 2.04 bits per heavy atom. The van der Waals surface area contributed by atoms with Gasteiger partial charge in [-0.2, -0.15) is 0 Å². The van der Waals surface area contributed by atoms with Crippen molar-refractivity contribution in [2.75, 3.05) is 0 Å². The van der Waals surface area contributed by atoms with Crippen LogP contribution in [0.3, 0.4) is 0 Å². The van der Waals surface area contributed by atoms with Gasteiger partial charge in [0.05, 0.1) is 0 Å². The van der Waals surface area contributed by atoms with Crippen LogP contribution in [0.1, 0.15) is 18.1 Å². The maximum absolute atomic E-state index is 11.6. The van der Waals surface area contributed by atoms with E-state index in [2.05, 4.69) is 54.6 Å². The Labute approximate surface area is 158 Å². The molecule has 2 heteroatoms. The molecule has 4 aromatic rings. The SMILES string of the molecule is CC(=O)OC(=CCc1ccc2ccccc2c1)c1ccc2ccccc2c1. The number of carbonyl (C=O) groups is 1. The van der Waals surface area contributed by atoms with Crippen LogP contribution in [0.5, 0.6) is 0 Å². The number of fused-ring (bicyclic) bond motifs is 2. The van der Waals surface area contributed by atoms with Crippen LogP contribution < -0.4 is 0 Å². The van der Waals surface area contributed by atoms with Gasteiger partial charge in [0.15, 0.2) is 0 Å². The quantitative estimate of drug-likeness (QED) is 0.326. The van der Waals surface area contributed by atoms with Crippen molar-refractivity contribution in [3.8, 4) is 0 Å². The van der Waals surface area contributed by atoms with Gasteiger partial charge >= 0.3 is 5.97 Å². The number of rotatable bonds is 4. The van der Waals surface area contributed by atoms with Gasteiger partial charge in [-0.05, 0) is 45.7 Å². The zero-order valence-corrected chi connectivity index (χ0v) is 15.2. The van der Waals surface area contributed by atoms with E-state index in [-0.39, 0.29) is 5.97 Å². The fraction of sp³-hybridized carbons (Fsp3) is 0.0800. The van der Waals surface area contributed by atoms with Gasteiger partial charge < -0.3 is 4.74 Å². The minimum Gasteiger partial charge on any atom is -0.426 e. The number of ether oxygens (including phenoxy) is 1. The fourth-order valence-corrected chi connectivity index (χ4v) is 3.29. The molecule has 0 bridgehead atoms. The fourth-order valence-electron chi connectivity index (χ4n) is 3.29. The summed E-state index contributed by atoms with van der Waals surface area (Å²) in [6, 6.07) is 29.0. The van der Waals surface area contributed by atoms with Crippen LogP contribution in [-0.2, 0) is 16.0 Å². The average molecular weight is 352 g/mol. The number of hydrogen-bond acceptors (Lipinski definition) is 2. The molecule has 0 heterocycles. The summed E-state index contributed by atoms with van der Waals surface area (Å²) in [6.07, 6.45) is 2.68. The summed E-state index contributed by atoms with van der Waals surface area (Å²) in [5, 5.41) is 4.72. The maximum Gasteiger partial charge on any atom is 0.308 e. The van der Waals surface area contributed by atoms with Crippen LogP contribution in [0, 0.1) is 0 Å². The first-order valence-electron chi connectivity index (χ1n) is 9.04. The molecule has 0 aliphatic rings. The molecule has 0 atom stereocenters. The zero-order chi connectivity index (χ0) is 18.6. The predicted octanol–water partition coefficient (Wildman–Crippen LogP) is 6.14. The molecule has 0 N–H and O–H groups in total. The second-order valence-corrected chi connectivity index (χ2v) is 6.61. The molecule has 0 spiro atoms. The van der Waals surface area contributed by atoms with Crippen molar-refractivity contribution in [1.29, 1.82) is 0 Å². The van der Waals surface area contributed by atoms with Gasteiger partial charge in [0.1, 0.15) is 5.76 Å². The van der Waals surface area contributed by atoms with E-state index in [1.807, 2.05) is 36.4 Å². The minimum atomic E-state index is -0.312. The molecule has 0 saturated carbocycles. The van der Waals surface area contributed by atoms with Crippen molar-refractivity contribution in [3.63, 3.8) is 0 Å². The Balaban J connectivity index is 1.68. The van der Waals surface area contributed by atoms with Gasteiger partial charge in [-0.3, -0.25) is 4.79 Å². The highest BCUT2D eigenvalue weighted by Crippen LogP contribution is 2.24. The molecule has 0 radical (unpaired) electrons. The smallest absolute Gasteiger partial charge is 0.308 e. The third-order valence-electron chi connectivity index (χ3n) is 4.62. The number of benzene rings is 4. The highest BCUT2D eigenvalue weighted by atomic mass is 16.5. The summed E-state index contributed by atoms with van der Waals surface area (Å²) in [5.41, 5.74) is 2.09. The van der Waals surface area contributed by atoms with Crippen LogP contribution in [0.4, 0.5) is 0 Å². The molecule has 0 fully saturated rings. The van der Waals surface area contributed by atoms with E-state index < -0.39 is 0 Å². The molecule has 0 aromatic heterocycles. The molecule has 27 heavy (non-hydrogen) atoms. The van der Waals surface area contributed by atoms with Crippen molar-refractivity contribution in [3.05, 3.63) is 102 Å². The first-order valence-corrected chi connectivity index (χ1v) is 9.04. The van der Waals surface area contributed by atoms with E-state index >= 15 is 0 Å². The first-order chi connectivity index (χ1) is 13.2. The summed E-state index contributed by atoms with van der Waals surface area (Å²) in [7, 11) is 0. The van der Waals surface area contributed by atoms with E-state index in [1.54, 1.807) is 0 Å². The summed E-state index contributed by atoms with van der Waals surface area (Å²) >= 11 is 0. The Hall–Kier alpha value is -3.39. The monoisotopic (exact) mass is 352 g/mol. The molecular weight excluding hydrogens is 332 g/mol. The van der Waals surface area contributed by atoms with Crippen LogP contribution in [0.15, 0.2) is 91.0 Å². The van der Waals surface area contributed by atoms with Gasteiger partial charge in [-0.25, -0.2) is 0 Å². The molecule has 132 valence electrons. The molecule has 0 amide bonds. The molecule has 0 aliphatic carbocycles.